The van der Waals surface area contributed by atoms with E-state index < -0.39 is 18.3 Å². The van der Waals surface area contributed by atoms with Crippen LogP contribution in [0.4, 0.5) is 25.4 Å². The highest BCUT2D eigenvalue weighted by atomic mass is 32.2. The molecule has 25 heavy (non-hydrogen) atoms. The predicted molar refractivity (Wildman–Crippen MR) is 94.2 cm³/mol. The second-order valence-corrected chi connectivity index (χ2v) is 7.12. The van der Waals surface area contributed by atoms with Gasteiger partial charge < -0.3 is 20.1 Å². The van der Waals surface area contributed by atoms with Crippen LogP contribution in [0.1, 0.15) is 6.42 Å². The smallest absolute Gasteiger partial charge is 0.414 e. The molecular weight excluding hydrogens is 349 g/mol. The van der Waals surface area contributed by atoms with Gasteiger partial charge in [-0.2, -0.15) is 11.8 Å². The van der Waals surface area contributed by atoms with Gasteiger partial charge in [0.1, 0.15) is 11.9 Å². The van der Waals surface area contributed by atoms with Crippen LogP contribution in [0, 0.1) is 5.82 Å². The fraction of sp³-hybridized carbons (Fsp3) is 0.500. The molecule has 0 saturated carbocycles. The molecule has 136 valence electrons. The molecule has 9 heteroatoms. The fourth-order valence-electron chi connectivity index (χ4n) is 2.95. The van der Waals surface area contributed by atoms with E-state index in [0.29, 0.717) is 11.4 Å². The molecule has 2 aliphatic heterocycles. The van der Waals surface area contributed by atoms with Gasteiger partial charge in [0.15, 0.2) is 0 Å². The number of ether oxygens (including phenoxy) is 1. The number of carbonyl (C=O) groups excluding carboxylic acids is 1. The summed E-state index contributed by atoms with van der Waals surface area (Å²) in [6, 6.07) is 4.73. The van der Waals surface area contributed by atoms with Crippen LogP contribution in [-0.2, 0) is 4.74 Å². The zero-order valence-corrected chi connectivity index (χ0v) is 14.4. The molecular formula is C16H20FN3O4S. The van der Waals surface area contributed by atoms with Gasteiger partial charge in [0.05, 0.1) is 24.5 Å². The number of rotatable bonds is 4. The number of thioether (sulfide) groups is 1. The van der Waals surface area contributed by atoms with Gasteiger partial charge in [0.25, 0.3) is 0 Å². The summed E-state index contributed by atoms with van der Waals surface area (Å²) < 4.78 is 19.7. The summed E-state index contributed by atoms with van der Waals surface area (Å²) in [5, 5.41) is 10.8. The molecule has 2 N–H and O–H groups in total. The molecule has 2 aliphatic rings. The Bertz CT molecular complexity index is 652. The molecule has 2 saturated heterocycles. The molecule has 1 aromatic carbocycles. The molecule has 2 heterocycles. The van der Waals surface area contributed by atoms with Crippen LogP contribution in [0.2, 0.25) is 0 Å². The molecule has 0 aromatic heterocycles. The first-order chi connectivity index (χ1) is 12.0. The average molecular weight is 369 g/mol. The van der Waals surface area contributed by atoms with Gasteiger partial charge in [-0.3, -0.25) is 4.90 Å². The van der Waals surface area contributed by atoms with Crippen molar-refractivity contribution in [1.29, 1.82) is 0 Å². The van der Waals surface area contributed by atoms with E-state index in [0.717, 1.165) is 31.0 Å². The fourth-order valence-corrected chi connectivity index (χ4v) is 3.83. The molecule has 3 rings (SSSR count). The van der Waals surface area contributed by atoms with Crippen molar-refractivity contribution in [1.82, 2.24) is 5.32 Å². The number of carbonyl (C=O) groups is 2. The van der Waals surface area contributed by atoms with Crippen molar-refractivity contribution in [3.63, 3.8) is 0 Å². The number of halogens is 1. The van der Waals surface area contributed by atoms with Gasteiger partial charge in [-0.05, 0) is 30.4 Å². The van der Waals surface area contributed by atoms with Crippen LogP contribution in [0.3, 0.4) is 0 Å². The highest BCUT2D eigenvalue weighted by Gasteiger charge is 2.33. The predicted octanol–water partition coefficient (Wildman–Crippen LogP) is 2.36. The largest absolute Gasteiger partial charge is 0.465 e. The molecule has 2 amide bonds. The van der Waals surface area contributed by atoms with Gasteiger partial charge in [-0.1, -0.05) is 0 Å². The van der Waals surface area contributed by atoms with Crippen LogP contribution in [0.5, 0.6) is 0 Å². The van der Waals surface area contributed by atoms with Crippen molar-refractivity contribution in [2.45, 2.75) is 12.5 Å². The molecule has 2 fully saturated rings. The quantitative estimate of drug-likeness (QED) is 0.848. The van der Waals surface area contributed by atoms with Crippen molar-refractivity contribution in [3.05, 3.63) is 24.0 Å². The molecule has 7 nitrogen and oxygen atoms in total. The van der Waals surface area contributed by atoms with Crippen molar-refractivity contribution in [2.24, 2.45) is 0 Å². The van der Waals surface area contributed by atoms with Crippen molar-refractivity contribution in [3.8, 4) is 0 Å². The maximum atomic E-state index is 14.6. The minimum atomic E-state index is -1.18. The Balaban J connectivity index is 1.69. The lowest BCUT2D eigenvalue weighted by Gasteiger charge is -2.24. The third kappa shape index (κ3) is 4.28. The summed E-state index contributed by atoms with van der Waals surface area (Å²) in [5.74, 6) is 1.68. The molecule has 1 aromatic rings. The standard InChI is InChI=1S/C16H20FN3O4S/c17-13-8-11(2-3-14(13)19-4-1-6-25-7-5-19)20-10-12(24-16(20)23)9-18-15(21)22/h2-3,8,12,18H,1,4-7,9-10H2,(H,21,22). The number of nitrogens with zero attached hydrogens (tertiary/aromatic N) is 2. The first-order valence-corrected chi connectivity index (χ1v) is 9.27. The number of benzene rings is 1. The number of hydrogen-bond acceptors (Lipinski definition) is 5. The Kier molecular flexibility index (Phi) is 5.52. The lowest BCUT2D eigenvalue weighted by Crippen LogP contribution is -2.33. The SMILES string of the molecule is O=C(O)NCC1CN(c2ccc(N3CCCSCC3)c(F)c2)C(=O)O1. The number of carboxylic acid groups (broad SMARTS) is 1. The third-order valence-corrected chi connectivity index (χ3v) is 5.21. The molecule has 1 unspecified atom stereocenters. The van der Waals surface area contributed by atoms with Crippen LogP contribution < -0.4 is 15.1 Å². The Morgan fingerprint density at radius 1 is 1.40 bits per heavy atom. The van der Waals surface area contributed by atoms with E-state index in [-0.39, 0.29) is 18.9 Å². The van der Waals surface area contributed by atoms with Gasteiger partial charge in [-0.15, -0.1) is 0 Å². The number of hydrogen-bond donors (Lipinski definition) is 2. The van der Waals surface area contributed by atoms with Crippen LogP contribution in [-0.4, -0.2) is 61.1 Å². The van der Waals surface area contributed by atoms with E-state index >= 15 is 0 Å². The van der Waals surface area contributed by atoms with E-state index in [9.17, 15) is 14.0 Å². The number of cyclic esters (lactones) is 1. The lowest BCUT2D eigenvalue weighted by molar-refractivity contribution is 0.136. The lowest BCUT2D eigenvalue weighted by atomic mass is 10.2. The zero-order chi connectivity index (χ0) is 17.8. The van der Waals surface area contributed by atoms with E-state index in [1.54, 1.807) is 12.1 Å². The second-order valence-electron chi connectivity index (χ2n) is 5.89. The molecule has 0 aliphatic carbocycles. The number of amides is 2. The van der Waals surface area contributed by atoms with E-state index in [1.807, 2.05) is 16.7 Å². The summed E-state index contributed by atoms with van der Waals surface area (Å²) >= 11 is 1.87. The average Bonchev–Trinajstić information content (AvgIpc) is 2.78. The zero-order valence-electron chi connectivity index (χ0n) is 13.6. The van der Waals surface area contributed by atoms with Gasteiger partial charge >= 0.3 is 12.2 Å². The summed E-state index contributed by atoms with van der Waals surface area (Å²) in [6.07, 6.45) is -1.35. The Morgan fingerprint density at radius 2 is 2.24 bits per heavy atom. The molecule has 0 spiro atoms. The normalized spacial score (nSPS) is 21.0. The van der Waals surface area contributed by atoms with Gasteiger partial charge in [0, 0.05) is 18.8 Å². The van der Waals surface area contributed by atoms with Gasteiger partial charge in [0.2, 0.25) is 0 Å². The Hall–Kier alpha value is -2.16. The minimum Gasteiger partial charge on any atom is -0.465 e. The van der Waals surface area contributed by atoms with E-state index in [4.69, 9.17) is 9.84 Å². The van der Waals surface area contributed by atoms with Crippen LogP contribution in [0.25, 0.3) is 0 Å². The first kappa shape index (κ1) is 17.7. The number of nitrogens with one attached hydrogen (secondary N) is 1. The third-order valence-electron chi connectivity index (χ3n) is 4.16. The minimum absolute atomic E-state index is 0.00356. The Morgan fingerprint density at radius 3 is 3.00 bits per heavy atom. The van der Waals surface area contributed by atoms with E-state index in [2.05, 4.69) is 5.32 Å². The van der Waals surface area contributed by atoms with Gasteiger partial charge in [-0.25, -0.2) is 14.0 Å². The maximum Gasteiger partial charge on any atom is 0.414 e. The molecule has 0 radical (unpaired) electrons. The highest BCUT2D eigenvalue weighted by molar-refractivity contribution is 7.99. The maximum absolute atomic E-state index is 14.6. The van der Waals surface area contributed by atoms with Crippen molar-refractivity contribution >= 4 is 35.3 Å². The Labute approximate surface area is 149 Å². The first-order valence-electron chi connectivity index (χ1n) is 8.12. The summed E-state index contributed by atoms with van der Waals surface area (Å²) in [7, 11) is 0. The monoisotopic (exact) mass is 369 g/mol. The van der Waals surface area contributed by atoms with E-state index in [1.165, 1.54) is 11.0 Å². The second kappa shape index (κ2) is 7.81. The van der Waals surface area contributed by atoms with Crippen LogP contribution >= 0.6 is 11.8 Å². The molecule has 0 bridgehead atoms. The summed E-state index contributed by atoms with van der Waals surface area (Å²) in [4.78, 5) is 25.8. The number of anilines is 2. The van der Waals surface area contributed by atoms with Crippen LogP contribution in [0.15, 0.2) is 18.2 Å². The summed E-state index contributed by atoms with van der Waals surface area (Å²) in [6.45, 7) is 1.80. The summed E-state index contributed by atoms with van der Waals surface area (Å²) in [5.41, 5.74) is 0.955. The molecule has 1 atom stereocenters. The van der Waals surface area contributed by atoms with Crippen molar-refractivity contribution in [2.75, 3.05) is 47.5 Å². The topological polar surface area (TPSA) is 82.1 Å². The van der Waals surface area contributed by atoms with Crippen molar-refractivity contribution < 1.29 is 23.8 Å². The highest BCUT2D eigenvalue weighted by Crippen LogP contribution is 2.29.